The van der Waals surface area contributed by atoms with Crippen molar-refractivity contribution in [2.24, 2.45) is 5.92 Å². The molecule has 0 bridgehead atoms. The van der Waals surface area contributed by atoms with Crippen molar-refractivity contribution in [3.8, 4) is 0 Å². The van der Waals surface area contributed by atoms with Crippen LogP contribution in [0.15, 0.2) is 27.4 Å². The van der Waals surface area contributed by atoms with E-state index in [2.05, 4.69) is 4.98 Å². The van der Waals surface area contributed by atoms with E-state index in [1.165, 1.54) is 0 Å². The molecule has 1 aromatic heterocycles. The zero-order chi connectivity index (χ0) is 11.7. The van der Waals surface area contributed by atoms with Crippen LogP contribution in [0, 0.1) is 5.92 Å². The smallest absolute Gasteiger partial charge is 0.408 e. The van der Waals surface area contributed by atoms with Crippen LogP contribution >= 0.6 is 0 Å². The number of H-pyrrole nitrogens is 1. The van der Waals surface area contributed by atoms with Crippen molar-refractivity contribution < 1.29 is 10.6 Å². The Balaban J connectivity index is 0.00000144. The Kier molecular flexibility index (Phi) is 2.64. The minimum Gasteiger partial charge on any atom is -0.408 e. The van der Waals surface area contributed by atoms with E-state index in [0.29, 0.717) is 16.7 Å². The van der Waals surface area contributed by atoms with Gasteiger partial charge in [0.15, 0.2) is 11.4 Å². The maximum atomic E-state index is 11.9. The molecule has 1 heterocycles. The Morgan fingerprint density at radius 1 is 1.56 bits per heavy atom. The molecule has 0 spiro atoms. The van der Waals surface area contributed by atoms with Gasteiger partial charge in [-0.3, -0.25) is 9.78 Å². The van der Waals surface area contributed by atoms with E-state index < -0.39 is 5.76 Å². The van der Waals surface area contributed by atoms with E-state index in [0.717, 1.165) is 6.42 Å². The van der Waals surface area contributed by atoms with Gasteiger partial charge in [-0.2, -0.15) is 0 Å². The number of benzene rings is 1. The van der Waals surface area contributed by atoms with Crippen LogP contribution in [-0.4, -0.2) is 10.8 Å². The van der Waals surface area contributed by atoms with Crippen molar-refractivity contribution in [3.05, 3.63) is 34.3 Å². The van der Waals surface area contributed by atoms with Gasteiger partial charge in [-0.25, -0.2) is 4.79 Å². The third-order valence-electron chi connectivity index (χ3n) is 2.76. The van der Waals surface area contributed by atoms with Gasteiger partial charge in [0.25, 0.3) is 0 Å². The van der Waals surface area contributed by atoms with Crippen LogP contribution in [0.3, 0.4) is 0 Å². The number of aromatic amines is 1. The summed E-state index contributed by atoms with van der Waals surface area (Å²) >= 11 is 0. The molecule has 1 N–H and O–H groups in total. The first-order valence-corrected chi connectivity index (χ1v) is 5.29. The molecule has 1 aromatic carbocycles. The summed E-state index contributed by atoms with van der Waals surface area (Å²) in [6, 6.07) is 4.99. The summed E-state index contributed by atoms with van der Waals surface area (Å²) in [7, 11) is 0. The molecule has 0 saturated heterocycles. The molecule has 0 aliphatic carbocycles. The van der Waals surface area contributed by atoms with Gasteiger partial charge < -0.3 is 4.42 Å². The number of hydrogen-bond acceptors (Lipinski definition) is 3. The first-order valence-electron chi connectivity index (χ1n) is 5.29. The third kappa shape index (κ3) is 1.78. The first kappa shape index (κ1) is 10.7. The molecular formula is C12H15NO3. The highest BCUT2D eigenvalue weighted by atomic mass is 16.4. The fourth-order valence-electron chi connectivity index (χ4n) is 1.58. The molecule has 4 nitrogen and oxygen atoms in total. The number of oxazole rings is 1. The standard InChI is InChI=1S/C12H13NO3.H2/c1-3-7(2)11(14)8-4-5-10-9(6-8)13-12(15)16-10;/h4-7H,3H2,1-2H3,(H,13,15);1H. The van der Waals surface area contributed by atoms with Crippen LogP contribution < -0.4 is 5.76 Å². The minimum absolute atomic E-state index is 0. The topological polar surface area (TPSA) is 63.1 Å². The maximum absolute atomic E-state index is 11.9. The Hall–Kier alpha value is -1.84. The van der Waals surface area contributed by atoms with Crippen LogP contribution in [0.2, 0.25) is 0 Å². The second kappa shape index (κ2) is 3.96. The monoisotopic (exact) mass is 221 g/mol. The predicted octanol–water partition coefficient (Wildman–Crippen LogP) is 2.60. The summed E-state index contributed by atoms with van der Waals surface area (Å²) < 4.78 is 4.87. The molecular weight excluding hydrogens is 206 g/mol. The summed E-state index contributed by atoms with van der Waals surface area (Å²) in [4.78, 5) is 25.4. The van der Waals surface area contributed by atoms with Gasteiger partial charge in [0.2, 0.25) is 0 Å². The van der Waals surface area contributed by atoms with Crippen molar-refractivity contribution >= 4 is 16.9 Å². The largest absolute Gasteiger partial charge is 0.417 e. The molecule has 0 saturated carbocycles. The molecule has 0 radical (unpaired) electrons. The Bertz CT molecular complexity index is 585. The van der Waals surface area contributed by atoms with Crippen molar-refractivity contribution in [2.45, 2.75) is 20.3 Å². The van der Waals surface area contributed by atoms with Crippen LogP contribution in [0.25, 0.3) is 11.1 Å². The van der Waals surface area contributed by atoms with Crippen molar-refractivity contribution in [2.75, 3.05) is 0 Å². The lowest BCUT2D eigenvalue weighted by atomic mass is 9.97. The fraction of sp³-hybridized carbons (Fsp3) is 0.333. The summed E-state index contributed by atoms with van der Waals surface area (Å²) in [5.74, 6) is -0.411. The summed E-state index contributed by atoms with van der Waals surface area (Å²) in [5, 5.41) is 0. The number of rotatable bonds is 3. The lowest BCUT2D eigenvalue weighted by Crippen LogP contribution is -2.09. The van der Waals surface area contributed by atoms with Crippen LogP contribution in [0.1, 0.15) is 32.1 Å². The zero-order valence-electron chi connectivity index (χ0n) is 9.24. The Morgan fingerprint density at radius 2 is 2.31 bits per heavy atom. The molecule has 16 heavy (non-hydrogen) atoms. The van der Waals surface area contributed by atoms with Gasteiger partial charge in [0, 0.05) is 12.9 Å². The number of carbonyl (C=O) groups excluding carboxylic acids is 1. The highest BCUT2D eigenvalue weighted by molar-refractivity contribution is 5.99. The van der Waals surface area contributed by atoms with Crippen molar-refractivity contribution in [1.29, 1.82) is 0 Å². The lowest BCUT2D eigenvalue weighted by Gasteiger charge is -2.06. The summed E-state index contributed by atoms with van der Waals surface area (Å²) in [6.45, 7) is 3.87. The Labute approximate surface area is 93.8 Å². The van der Waals surface area contributed by atoms with Crippen molar-refractivity contribution in [1.82, 2.24) is 4.98 Å². The van der Waals surface area contributed by atoms with Gasteiger partial charge in [-0.15, -0.1) is 0 Å². The van der Waals surface area contributed by atoms with E-state index >= 15 is 0 Å². The Morgan fingerprint density at radius 3 is 3.00 bits per heavy atom. The molecule has 0 amide bonds. The van der Waals surface area contributed by atoms with E-state index in [1.807, 2.05) is 13.8 Å². The van der Waals surface area contributed by atoms with E-state index in [-0.39, 0.29) is 13.1 Å². The number of nitrogens with one attached hydrogen (secondary N) is 1. The fourth-order valence-corrected chi connectivity index (χ4v) is 1.58. The number of carbonyl (C=O) groups is 1. The summed E-state index contributed by atoms with van der Waals surface area (Å²) in [6.07, 6.45) is 0.804. The highest BCUT2D eigenvalue weighted by Gasteiger charge is 2.14. The zero-order valence-corrected chi connectivity index (χ0v) is 9.24. The number of aromatic nitrogens is 1. The predicted molar refractivity (Wildman–Crippen MR) is 62.7 cm³/mol. The van der Waals surface area contributed by atoms with Crippen molar-refractivity contribution in [3.63, 3.8) is 0 Å². The van der Waals surface area contributed by atoms with Gasteiger partial charge >= 0.3 is 5.76 Å². The number of hydrogen-bond donors (Lipinski definition) is 1. The average Bonchev–Trinajstić information content (AvgIpc) is 2.65. The van der Waals surface area contributed by atoms with Gasteiger partial charge in [-0.1, -0.05) is 13.8 Å². The molecule has 4 heteroatoms. The molecule has 2 rings (SSSR count). The normalized spacial score (nSPS) is 12.9. The molecule has 2 aromatic rings. The lowest BCUT2D eigenvalue weighted by molar-refractivity contribution is 0.0927. The van der Waals surface area contributed by atoms with Crippen LogP contribution in [0.4, 0.5) is 0 Å². The molecule has 0 fully saturated rings. The number of ketones is 1. The van der Waals surface area contributed by atoms with Crippen LogP contribution in [-0.2, 0) is 0 Å². The maximum Gasteiger partial charge on any atom is 0.417 e. The number of fused-ring (bicyclic) bond motifs is 1. The van der Waals surface area contributed by atoms with Gasteiger partial charge in [0.05, 0.1) is 5.52 Å². The highest BCUT2D eigenvalue weighted by Crippen LogP contribution is 2.16. The van der Waals surface area contributed by atoms with E-state index in [1.54, 1.807) is 18.2 Å². The van der Waals surface area contributed by atoms with Gasteiger partial charge in [-0.05, 0) is 24.6 Å². The molecule has 86 valence electrons. The SMILES string of the molecule is CCC(C)C(=O)c1ccc2oc(=O)[nH]c2c1.[HH]. The van der Waals surface area contributed by atoms with Crippen LogP contribution in [0.5, 0.6) is 0 Å². The first-order chi connectivity index (χ1) is 7.61. The molecule has 0 aliphatic rings. The minimum atomic E-state index is -0.497. The molecule has 1 unspecified atom stereocenters. The second-order valence-electron chi connectivity index (χ2n) is 3.90. The van der Waals surface area contributed by atoms with E-state index in [4.69, 9.17) is 4.42 Å². The average molecular weight is 221 g/mol. The molecule has 0 aliphatic heterocycles. The number of Topliss-reactive ketones (excluding diaryl/α,β-unsaturated/α-hetero) is 1. The second-order valence-corrected chi connectivity index (χ2v) is 3.90. The summed E-state index contributed by atoms with van der Waals surface area (Å²) in [5.41, 5.74) is 1.66. The third-order valence-corrected chi connectivity index (χ3v) is 2.76. The van der Waals surface area contributed by atoms with Gasteiger partial charge in [0.1, 0.15) is 0 Å². The quantitative estimate of drug-likeness (QED) is 0.810. The molecule has 1 atom stereocenters. The van der Waals surface area contributed by atoms with E-state index in [9.17, 15) is 9.59 Å².